The van der Waals surface area contributed by atoms with Crippen LogP contribution in [0.5, 0.6) is 0 Å². The molecule has 1 aliphatic heterocycles. The van der Waals surface area contributed by atoms with Crippen LogP contribution < -0.4 is 10.6 Å². The van der Waals surface area contributed by atoms with Crippen LogP contribution in [0.1, 0.15) is 17.2 Å². The summed E-state index contributed by atoms with van der Waals surface area (Å²) in [6, 6.07) is 13.5. The first kappa shape index (κ1) is 17.8. The molecule has 1 fully saturated rings. The maximum atomic E-state index is 12.6. The molecule has 1 saturated heterocycles. The van der Waals surface area contributed by atoms with Crippen LogP contribution in [0.2, 0.25) is 0 Å². The lowest BCUT2D eigenvalue weighted by Gasteiger charge is -2.25. The van der Waals surface area contributed by atoms with Gasteiger partial charge in [0.1, 0.15) is 0 Å². The number of benzene rings is 2. The molecule has 0 unspecified atom stereocenters. The molecule has 124 valence electrons. The van der Waals surface area contributed by atoms with E-state index in [9.17, 15) is 13.2 Å². The van der Waals surface area contributed by atoms with Crippen LogP contribution in [0.4, 0.5) is 13.2 Å². The van der Waals surface area contributed by atoms with Crippen molar-refractivity contribution in [1.29, 1.82) is 0 Å². The van der Waals surface area contributed by atoms with Crippen molar-refractivity contribution in [3.63, 3.8) is 0 Å². The lowest BCUT2D eigenvalue weighted by molar-refractivity contribution is -0.137. The van der Waals surface area contributed by atoms with E-state index in [-0.39, 0.29) is 18.4 Å². The summed E-state index contributed by atoms with van der Waals surface area (Å²) < 4.78 is 37.7. The highest BCUT2D eigenvalue weighted by Gasteiger charge is 2.29. The fraction of sp³-hybridized carbons (Fsp3) is 0.294. The topological polar surface area (TPSA) is 24.1 Å². The first-order valence-electron chi connectivity index (χ1n) is 7.26. The third kappa shape index (κ3) is 4.25. The monoisotopic (exact) mass is 342 g/mol. The van der Waals surface area contributed by atoms with E-state index in [4.69, 9.17) is 0 Å². The molecule has 0 saturated carbocycles. The normalized spacial score (nSPS) is 18.3. The zero-order valence-corrected chi connectivity index (χ0v) is 13.2. The Bertz CT molecular complexity index is 618. The van der Waals surface area contributed by atoms with Gasteiger partial charge < -0.3 is 10.6 Å². The van der Waals surface area contributed by atoms with Crippen molar-refractivity contribution in [2.24, 2.45) is 0 Å². The van der Waals surface area contributed by atoms with Crippen molar-refractivity contribution in [2.75, 3.05) is 19.6 Å². The number of hydrogen-bond acceptors (Lipinski definition) is 2. The minimum atomic E-state index is -4.29. The van der Waals surface area contributed by atoms with Crippen molar-refractivity contribution < 1.29 is 13.2 Å². The molecular weight excluding hydrogens is 325 g/mol. The number of nitrogens with one attached hydrogen (secondary N) is 2. The minimum Gasteiger partial charge on any atom is -0.314 e. The molecule has 1 aliphatic rings. The van der Waals surface area contributed by atoms with Crippen molar-refractivity contribution in [3.05, 3.63) is 59.7 Å². The summed E-state index contributed by atoms with van der Waals surface area (Å²) in [7, 11) is 0. The average molecular weight is 343 g/mol. The molecule has 2 aromatic rings. The summed E-state index contributed by atoms with van der Waals surface area (Å²) in [5, 5.41) is 6.76. The third-order valence-corrected chi connectivity index (χ3v) is 3.90. The molecule has 3 rings (SSSR count). The lowest BCUT2D eigenvalue weighted by Crippen LogP contribution is -2.42. The highest BCUT2D eigenvalue weighted by Crippen LogP contribution is 2.31. The second kappa shape index (κ2) is 7.34. The van der Waals surface area contributed by atoms with Gasteiger partial charge in [0.05, 0.1) is 5.56 Å². The van der Waals surface area contributed by atoms with Gasteiger partial charge in [-0.05, 0) is 28.8 Å². The Hall–Kier alpha value is -1.56. The molecule has 0 aliphatic carbocycles. The van der Waals surface area contributed by atoms with Gasteiger partial charge in [0.15, 0.2) is 0 Å². The first-order valence-corrected chi connectivity index (χ1v) is 7.26. The third-order valence-electron chi connectivity index (χ3n) is 3.90. The minimum absolute atomic E-state index is 0. The highest BCUT2D eigenvalue weighted by molar-refractivity contribution is 5.85. The molecule has 0 aromatic heterocycles. The number of halogens is 4. The average Bonchev–Trinajstić information content (AvgIpc) is 2.55. The first-order chi connectivity index (χ1) is 10.5. The summed E-state index contributed by atoms with van der Waals surface area (Å²) in [6.07, 6.45) is -4.29. The standard InChI is InChI=1S/C17H17F3N2.ClH/c18-17(19,20)15-7-5-13(6-8-15)12-1-3-14(4-2-12)16-11-21-9-10-22-16;/h1-8,16,21-22H,9-11H2;1H/t16-;/m1./s1. The second-order valence-corrected chi connectivity index (χ2v) is 5.41. The quantitative estimate of drug-likeness (QED) is 0.861. The van der Waals surface area contributed by atoms with Gasteiger partial charge in [0, 0.05) is 25.7 Å². The molecule has 0 amide bonds. The van der Waals surface area contributed by atoms with Crippen LogP contribution in [-0.2, 0) is 6.18 Å². The SMILES string of the molecule is Cl.FC(F)(F)c1ccc(-c2ccc([C@H]3CNCCN3)cc2)cc1. The Balaban J connectivity index is 0.00000192. The van der Waals surface area contributed by atoms with Gasteiger partial charge in [-0.2, -0.15) is 13.2 Å². The number of piperazine rings is 1. The largest absolute Gasteiger partial charge is 0.416 e. The van der Waals surface area contributed by atoms with Crippen molar-refractivity contribution in [1.82, 2.24) is 10.6 Å². The van der Waals surface area contributed by atoms with E-state index >= 15 is 0 Å². The summed E-state index contributed by atoms with van der Waals surface area (Å²) in [5.74, 6) is 0. The van der Waals surface area contributed by atoms with Crippen LogP contribution in [0, 0.1) is 0 Å². The van der Waals surface area contributed by atoms with E-state index in [0.717, 1.165) is 42.9 Å². The summed E-state index contributed by atoms with van der Waals surface area (Å²) in [4.78, 5) is 0. The van der Waals surface area contributed by atoms with Gasteiger partial charge in [0.2, 0.25) is 0 Å². The van der Waals surface area contributed by atoms with E-state index in [1.807, 2.05) is 24.3 Å². The fourth-order valence-electron chi connectivity index (χ4n) is 2.65. The van der Waals surface area contributed by atoms with Crippen LogP contribution in [0.25, 0.3) is 11.1 Å². The molecule has 2 aromatic carbocycles. The molecule has 0 radical (unpaired) electrons. The predicted molar refractivity (Wildman–Crippen MR) is 87.7 cm³/mol. The van der Waals surface area contributed by atoms with Crippen LogP contribution in [0.15, 0.2) is 48.5 Å². The number of rotatable bonds is 2. The molecule has 0 spiro atoms. The maximum Gasteiger partial charge on any atom is 0.416 e. The van der Waals surface area contributed by atoms with E-state index in [0.29, 0.717) is 0 Å². The summed E-state index contributed by atoms with van der Waals surface area (Å²) in [5.41, 5.74) is 2.27. The van der Waals surface area contributed by atoms with E-state index in [1.165, 1.54) is 17.7 Å². The maximum absolute atomic E-state index is 12.6. The zero-order valence-electron chi connectivity index (χ0n) is 12.4. The molecule has 1 atom stereocenters. The Labute approximate surface area is 139 Å². The fourth-order valence-corrected chi connectivity index (χ4v) is 2.65. The Morgan fingerprint density at radius 2 is 1.39 bits per heavy atom. The number of hydrogen-bond donors (Lipinski definition) is 2. The summed E-state index contributed by atoms with van der Waals surface area (Å²) in [6.45, 7) is 2.80. The molecule has 2 nitrogen and oxygen atoms in total. The molecule has 0 bridgehead atoms. The van der Waals surface area contributed by atoms with E-state index < -0.39 is 11.7 Å². The summed E-state index contributed by atoms with van der Waals surface area (Å²) >= 11 is 0. The smallest absolute Gasteiger partial charge is 0.314 e. The molecule has 1 heterocycles. The van der Waals surface area contributed by atoms with Gasteiger partial charge in [0.25, 0.3) is 0 Å². The van der Waals surface area contributed by atoms with E-state index in [1.54, 1.807) is 0 Å². The van der Waals surface area contributed by atoms with E-state index in [2.05, 4.69) is 10.6 Å². The van der Waals surface area contributed by atoms with Crippen LogP contribution in [0.3, 0.4) is 0 Å². The Kier molecular flexibility index (Phi) is 5.68. The predicted octanol–water partition coefficient (Wildman–Crippen LogP) is 4.03. The van der Waals surface area contributed by atoms with Gasteiger partial charge in [-0.15, -0.1) is 12.4 Å². The van der Waals surface area contributed by atoms with Gasteiger partial charge in [-0.1, -0.05) is 36.4 Å². The van der Waals surface area contributed by atoms with Crippen molar-refractivity contribution >= 4 is 12.4 Å². The van der Waals surface area contributed by atoms with Gasteiger partial charge in [-0.3, -0.25) is 0 Å². The molecule has 2 N–H and O–H groups in total. The van der Waals surface area contributed by atoms with Crippen molar-refractivity contribution in [3.8, 4) is 11.1 Å². The molecular formula is C17H18ClF3N2. The Morgan fingerprint density at radius 1 is 0.826 bits per heavy atom. The zero-order chi connectivity index (χ0) is 15.6. The molecule has 6 heteroatoms. The lowest BCUT2D eigenvalue weighted by atomic mass is 9.99. The molecule has 23 heavy (non-hydrogen) atoms. The second-order valence-electron chi connectivity index (χ2n) is 5.41. The number of alkyl halides is 3. The van der Waals surface area contributed by atoms with Gasteiger partial charge in [-0.25, -0.2) is 0 Å². The highest BCUT2D eigenvalue weighted by atomic mass is 35.5. The van der Waals surface area contributed by atoms with Crippen molar-refractivity contribution in [2.45, 2.75) is 12.2 Å². The van der Waals surface area contributed by atoms with Crippen LogP contribution >= 0.6 is 12.4 Å². The van der Waals surface area contributed by atoms with Gasteiger partial charge >= 0.3 is 6.18 Å². The van der Waals surface area contributed by atoms with Crippen LogP contribution in [-0.4, -0.2) is 19.6 Å². The Morgan fingerprint density at radius 3 is 1.87 bits per heavy atom.